The Morgan fingerprint density at radius 3 is 2.56 bits per heavy atom. The van der Waals surface area contributed by atoms with Crippen LogP contribution in [0.1, 0.15) is 36.8 Å². The molecule has 0 spiro atoms. The first-order chi connectivity index (χ1) is 12.2. The van der Waals surface area contributed by atoms with Crippen LogP contribution in [0.15, 0.2) is 29.1 Å². The second-order valence-electron chi connectivity index (χ2n) is 6.82. The monoisotopic (exact) mass is 436 g/mol. The Morgan fingerprint density at radius 1 is 1.26 bits per heavy atom. The lowest BCUT2D eigenvalue weighted by atomic mass is 9.93. The molecule has 3 aromatic rings. The number of ether oxygens (including phenoxy) is 1. The molecule has 10 heteroatoms. The largest absolute Gasteiger partial charge is 0.495 e. The smallest absolute Gasteiger partial charge is 0.295 e. The highest BCUT2D eigenvalue weighted by molar-refractivity contribution is 8.93. The van der Waals surface area contributed by atoms with Crippen LogP contribution in [-0.4, -0.2) is 32.8 Å². The van der Waals surface area contributed by atoms with Gasteiger partial charge in [-0.05, 0) is 12.1 Å². The lowest BCUT2D eigenvalue weighted by Crippen LogP contribution is -2.30. The number of anilines is 2. The molecule has 0 radical (unpaired) electrons. The molecule has 2 aromatic heterocycles. The number of rotatable bonds is 3. The van der Waals surface area contributed by atoms with Crippen LogP contribution in [0, 0.1) is 0 Å². The van der Waals surface area contributed by atoms with E-state index in [1.165, 1.54) is 7.11 Å². The van der Waals surface area contributed by atoms with E-state index < -0.39 is 16.9 Å². The number of hydrogen-bond acceptors (Lipinski definition) is 6. The van der Waals surface area contributed by atoms with E-state index in [9.17, 15) is 9.59 Å². The summed E-state index contributed by atoms with van der Waals surface area (Å²) in [5, 5.41) is 13.5. The summed E-state index contributed by atoms with van der Waals surface area (Å²) < 4.78 is 6.36. The van der Waals surface area contributed by atoms with Crippen LogP contribution in [0.5, 0.6) is 5.75 Å². The summed E-state index contributed by atoms with van der Waals surface area (Å²) in [6.45, 7) is 5.56. The Labute approximate surface area is 165 Å². The van der Waals surface area contributed by atoms with Crippen molar-refractivity contribution < 1.29 is 9.53 Å². The predicted octanol–water partition coefficient (Wildman–Crippen LogP) is 2.14. The molecular formula is C17H21BrN6O3. The van der Waals surface area contributed by atoms with Crippen LogP contribution in [0.4, 0.5) is 11.5 Å². The zero-order chi connectivity index (χ0) is 19.1. The maximum atomic E-state index is 12.7. The zero-order valence-corrected chi connectivity index (χ0v) is 17.1. The van der Waals surface area contributed by atoms with Crippen molar-refractivity contribution in [2.45, 2.75) is 26.2 Å². The zero-order valence-electron chi connectivity index (χ0n) is 15.4. The van der Waals surface area contributed by atoms with E-state index in [0.29, 0.717) is 11.4 Å². The molecule has 1 aromatic carbocycles. The molecular weight excluding hydrogens is 416 g/mol. The third-order valence-corrected chi connectivity index (χ3v) is 3.88. The van der Waals surface area contributed by atoms with Gasteiger partial charge >= 0.3 is 0 Å². The van der Waals surface area contributed by atoms with Crippen LogP contribution in [-0.2, 0) is 5.41 Å². The van der Waals surface area contributed by atoms with Crippen LogP contribution in [0.3, 0.4) is 0 Å². The molecule has 3 rings (SSSR count). The fraction of sp³-hybridized carbons (Fsp3) is 0.294. The summed E-state index contributed by atoms with van der Waals surface area (Å²) in [6.07, 6.45) is 0. The van der Waals surface area contributed by atoms with Gasteiger partial charge in [-0.25, -0.2) is 0 Å². The highest BCUT2D eigenvalue weighted by Crippen LogP contribution is 2.25. The molecule has 0 aliphatic carbocycles. The van der Waals surface area contributed by atoms with Gasteiger partial charge in [-0.15, -0.1) is 27.2 Å². The number of halogens is 1. The SMILES string of the molecule is Br.COc1ccccc1NC(=O)c1c(N)[nH]n2c(=O)c(C(C)(C)C)nnc12. The first-order valence-electron chi connectivity index (χ1n) is 7.95. The Kier molecular flexibility index (Phi) is 5.59. The molecule has 144 valence electrons. The average Bonchev–Trinajstić information content (AvgIpc) is 2.91. The van der Waals surface area contributed by atoms with Crippen molar-refractivity contribution in [1.82, 2.24) is 19.8 Å². The number of carbonyl (C=O) groups is 1. The fourth-order valence-corrected chi connectivity index (χ4v) is 2.58. The summed E-state index contributed by atoms with van der Waals surface area (Å²) in [6, 6.07) is 6.95. The highest BCUT2D eigenvalue weighted by atomic mass is 79.9. The van der Waals surface area contributed by atoms with Crippen molar-refractivity contribution in [3.8, 4) is 5.75 Å². The number of nitrogens with two attached hydrogens (primary N) is 1. The van der Waals surface area contributed by atoms with Crippen LogP contribution in [0.25, 0.3) is 5.65 Å². The number of benzene rings is 1. The number of methoxy groups -OCH3 is 1. The van der Waals surface area contributed by atoms with Crippen LogP contribution >= 0.6 is 17.0 Å². The maximum Gasteiger partial charge on any atom is 0.295 e. The van der Waals surface area contributed by atoms with E-state index in [4.69, 9.17) is 10.5 Å². The quantitative estimate of drug-likeness (QED) is 0.576. The minimum Gasteiger partial charge on any atom is -0.495 e. The van der Waals surface area contributed by atoms with Crippen molar-refractivity contribution >= 4 is 40.0 Å². The van der Waals surface area contributed by atoms with Gasteiger partial charge in [0.05, 0.1) is 12.8 Å². The molecule has 0 aliphatic heterocycles. The summed E-state index contributed by atoms with van der Waals surface area (Å²) >= 11 is 0. The van der Waals surface area contributed by atoms with E-state index in [2.05, 4.69) is 20.6 Å². The molecule has 0 bridgehead atoms. The van der Waals surface area contributed by atoms with Crippen LogP contribution in [0.2, 0.25) is 0 Å². The molecule has 4 N–H and O–H groups in total. The van der Waals surface area contributed by atoms with E-state index in [1.807, 2.05) is 20.8 Å². The summed E-state index contributed by atoms with van der Waals surface area (Å²) in [5.74, 6) is -0.00431. The van der Waals surface area contributed by atoms with Crippen molar-refractivity contribution in [3.05, 3.63) is 45.9 Å². The number of nitrogens with zero attached hydrogens (tertiary/aromatic N) is 3. The van der Waals surface area contributed by atoms with Gasteiger partial charge in [-0.2, -0.15) is 4.52 Å². The average molecular weight is 437 g/mol. The fourth-order valence-electron chi connectivity index (χ4n) is 2.58. The molecule has 0 saturated heterocycles. The Bertz CT molecular complexity index is 1050. The number of para-hydroxylation sites is 2. The summed E-state index contributed by atoms with van der Waals surface area (Å²) in [5.41, 5.74) is 5.89. The van der Waals surface area contributed by atoms with Gasteiger partial charge in [0.1, 0.15) is 22.8 Å². The van der Waals surface area contributed by atoms with Gasteiger partial charge in [-0.1, -0.05) is 32.9 Å². The number of nitrogen functional groups attached to an aromatic ring is 1. The summed E-state index contributed by atoms with van der Waals surface area (Å²) in [4.78, 5) is 25.4. The van der Waals surface area contributed by atoms with Gasteiger partial charge in [0.2, 0.25) is 0 Å². The Hall–Kier alpha value is -2.88. The number of nitrogens with one attached hydrogen (secondary N) is 2. The molecule has 2 heterocycles. The summed E-state index contributed by atoms with van der Waals surface area (Å²) in [7, 11) is 1.50. The standard InChI is InChI=1S/C17H20N6O3.BrH/c1-17(2,3)12-16(25)23-14(21-20-12)11(13(18)22-23)15(24)19-9-7-5-6-8-10(9)26-4;/h5-8,22H,18H2,1-4H3,(H,19,24);1H. The molecule has 0 saturated carbocycles. The maximum absolute atomic E-state index is 12.7. The number of H-pyrrole nitrogens is 1. The third-order valence-electron chi connectivity index (χ3n) is 3.88. The van der Waals surface area contributed by atoms with Gasteiger partial charge in [0.25, 0.3) is 11.5 Å². The van der Waals surface area contributed by atoms with Crippen LogP contribution < -0.4 is 21.3 Å². The normalized spacial score (nSPS) is 11.1. The van der Waals surface area contributed by atoms with Gasteiger partial charge < -0.3 is 15.8 Å². The first-order valence-corrected chi connectivity index (χ1v) is 7.95. The van der Waals surface area contributed by atoms with Crippen molar-refractivity contribution in [3.63, 3.8) is 0 Å². The molecule has 0 aliphatic rings. The minimum absolute atomic E-state index is 0. The predicted molar refractivity (Wildman–Crippen MR) is 108 cm³/mol. The third kappa shape index (κ3) is 3.65. The second kappa shape index (κ2) is 7.39. The Balaban J connectivity index is 0.00000261. The number of hydrogen-bond donors (Lipinski definition) is 3. The lowest BCUT2D eigenvalue weighted by Gasteiger charge is -2.15. The Morgan fingerprint density at radius 2 is 1.93 bits per heavy atom. The lowest BCUT2D eigenvalue weighted by molar-refractivity contribution is 0.102. The van der Waals surface area contributed by atoms with Crippen molar-refractivity contribution in [2.75, 3.05) is 18.2 Å². The first kappa shape index (κ1) is 20.4. The molecule has 0 fully saturated rings. The van der Waals surface area contributed by atoms with Gasteiger partial charge in [-0.3, -0.25) is 14.7 Å². The number of aromatic amines is 1. The molecule has 27 heavy (non-hydrogen) atoms. The highest BCUT2D eigenvalue weighted by Gasteiger charge is 2.26. The molecule has 9 nitrogen and oxygen atoms in total. The number of fused-ring (bicyclic) bond motifs is 1. The van der Waals surface area contributed by atoms with Gasteiger partial charge in [0, 0.05) is 5.41 Å². The van der Waals surface area contributed by atoms with Crippen molar-refractivity contribution in [2.24, 2.45) is 0 Å². The molecule has 1 amide bonds. The minimum atomic E-state index is -0.525. The van der Waals surface area contributed by atoms with E-state index in [1.54, 1.807) is 24.3 Å². The van der Waals surface area contributed by atoms with E-state index in [0.717, 1.165) is 4.52 Å². The number of amides is 1. The number of aromatic nitrogens is 4. The topological polar surface area (TPSA) is 127 Å². The molecule has 0 atom stereocenters. The van der Waals surface area contributed by atoms with Gasteiger partial charge in [0.15, 0.2) is 5.65 Å². The molecule has 0 unspecified atom stereocenters. The van der Waals surface area contributed by atoms with E-state index >= 15 is 0 Å². The number of carbonyl (C=O) groups excluding carboxylic acids is 1. The van der Waals surface area contributed by atoms with Crippen molar-refractivity contribution in [1.29, 1.82) is 0 Å². The second-order valence-corrected chi connectivity index (χ2v) is 6.82. The van der Waals surface area contributed by atoms with E-state index in [-0.39, 0.29) is 39.7 Å².